The average Bonchev–Trinajstić information content (AvgIpc) is 2.00. The van der Waals surface area contributed by atoms with Crippen molar-refractivity contribution in [3.63, 3.8) is 0 Å². The topological polar surface area (TPSA) is 81.5 Å². The van der Waals surface area contributed by atoms with Crippen molar-refractivity contribution < 1.29 is 4.79 Å². The van der Waals surface area contributed by atoms with Gasteiger partial charge in [-0.2, -0.15) is 0 Å². The number of halogens is 1. The Hall–Kier alpha value is -0.840. The van der Waals surface area contributed by atoms with Crippen LogP contribution in [-0.4, -0.2) is 17.1 Å². The highest BCUT2D eigenvalue weighted by atomic mass is 79.9. The maximum atomic E-state index is 10.5. The minimum absolute atomic E-state index is 0.112. The van der Waals surface area contributed by atoms with Crippen molar-refractivity contribution in [1.82, 2.24) is 0 Å². The third-order valence-electron chi connectivity index (χ3n) is 1.13. The van der Waals surface area contributed by atoms with Gasteiger partial charge in [-0.05, 0) is 22.9 Å². The fourth-order valence-electron chi connectivity index (χ4n) is 0.629. The van der Waals surface area contributed by atoms with Crippen molar-refractivity contribution in [2.24, 2.45) is 16.5 Å². The molecule has 12 heavy (non-hydrogen) atoms. The van der Waals surface area contributed by atoms with Crippen LogP contribution in [0.2, 0.25) is 0 Å². The normalized spacial score (nSPS) is 13.2. The molecule has 0 atom stereocenters. The van der Waals surface area contributed by atoms with Gasteiger partial charge in [0.25, 0.3) is 0 Å². The lowest BCUT2D eigenvalue weighted by atomic mass is 10.2. The Balaban J connectivity index is 4.37. The molecule has 0 rings (SSSR count). The van der Waals surface area contributed by atoms with Crippen LogP contribution < -0.4 is 11.5 Å². The fraction of sp³-hybridized carbons (Fsp3) is 0.429. The van der Waals surface area contributed by atoms with E-state index in [0.29, 0.717) is 16.7 Å². The summed E-state index contributed by atoms with van der Waals surface area (Å²) < 4.78 is 0.589. The third kappa shape index (κ3) is 4.12. The van der Waals surface area contributed by atoms with Gasteiger partial charge < -0.3 is 11.5 Å². The predicted molar refractivity (Wildman–Crippen MR) is 53.0 cm³/mol. The zero-order valence-electron chi connectivity index (χ0n) is 6.88. The molecule has 0 heterocycles. The van der Waals surface area contributed by atoms with E-state index < -0.39 is 5.91 Å². The molecular formula is C7H12BrN3O. The smallest absolute Gasteiger partial charge is 0.221 e. The molecule has 5 heteroatoms. The van der Waals surface area contributed by atoms with Gasteiger partial charge in [-0.3, -0.25) is 9.79 Å². The summed E-state index contributed by atoms with van der Waals surface area (Å²) in [4.78, 5) is 14.6. The monoisotopic (exact) mass is 233 g/mol. The average molecular weight is 234 g/mol. The van der Waals surface area contributed by atoms with Gasteiger partial charge in [0.2, 0.25) is 5.91 Å². The number of carbonyl (C=O) groups is 1. The second kappa shape index (κ2) is 5.77. The second-order valence-electron chi connectivity index (χ2n) is 2.10. The van der Waals surface area contributed by atoms with E-state index in [0.717, 1.165) is 0 Å². The van der Waals surface area contributed by atoms with Gasteiger partial charge in [0, 0.05) is 18.3 Å². The van der Waals surface area contributed by atoms with Gasteiger partial charge in [-0.25, -0.2) is 0 Å². The Morgan fingerprint density at radius 1 is 1.67 bits per heavy atom. The summed E-state index contributed by atoms with van der Waals surface area (Å²) in [6.07, 6.45) is 1.44. The summed E-state index contributed by atoms with van der Waals surface area (Å²) >= 11 is 3.19. The van der Waals surface area contributed by atoms with E-state index in [9.17, 15) is 4.79 Å². The number of primary amides is 1. The van der Waals surface area contributed by atoms with Gasteiger partial charge in [0.1, 0.15) is 4.62 Å². The summed E-state index contributed by atoms with van der Waals surface area (Å²) in [5.41, 5.74) is 10.9. The highest BCUT2D eigenvalue weighted by Gasteiger charge is 2.05. The molecule has 1 amide bonds. The molecule has 0 aliphatic carbocycles. The first-order valence-corrected chi connectivity index (χ1v) is 4.30. The van der Waals surface area contributed by atoms with Crippen LogP contribution in [-0.2, 0) is 4.79 Å². The molecule has 0 aromatic heterocycles. The summed E-state index contributed by atoms with van der Waals surface area (Å²) in [7, 11) is 0. The zero-order valence-corrected chi connectivity index (χ0v) is 8.47. The van der Waals surface area contributed by atoms with E-state index in [1.54, 1.807) is 0 Å². The fourth-order valence-corrected chi connectivity index (χ4v) is 1.15. The van der Waals surface area contributed by atoms with Crippen LogP contribution in [0.25, 0.3) is 0 Å². The molecule has 0 bridgehead atoms. The molecule has 0 saturated heterocycles. The van der Waals surface area contributed by atoms with Crippen molar-refractivity contribution >= 4 is 26.5 Å². The van der Waals surface area contributed by atoms with Crippen molar-refractivity contribution in [2.75, 3.05) is 6.54 Å². The van der Waals surface area contributed by atoms with E-state index in [1.807, 2.05) is 6.92 Å². The summed E-state index contributed by atoms with van der Waals surface area (Å²) in [5.74, 6) is -0.421. The molecule has 0 unspecified atom stereocenters. The summed E-state index contributed by atoms with van der Waals surface area (Å²) in [6, 6.07) is 0. The molecular weight excluding hydrogens is 222 g/mol. The second-order valence-corrected chi connectivity index (χ2v) is 2.85. The first-order chi connectivity index (χ1) is 5.61. The van der Waals surface area contributed by atoms with Gasteiger partial charge in [0.15, 0.2) is 0 Å². The van der Waals surface area contributed by atoms with E-state index in [-0.39, 0.29) is 6.42 Å². The van der Waals surface area contributed by atoms with E-state index in [2.05, 4.69) is 20.9 Å². The minimum Gasteiger partial charge on any atom is -0.404 e. The minimum atomic E-state index is -0.421. The standard InChI is InChI=1S/C7H12BrN3O/c1-2-11-7(8)5(4-9)3-6(10)12/h4H,2-3,9H2,1H3,(H2,10,12). The van der Waals surface area contributed by atoms with Gasteiger partial charge in [-0.15, -0.1) is 0 Å². The lowest BCUT2D eigenvalue weighted by Gasteiger charge is -2.00. The molecule has 0 aliphatic heterocycles. The lowest BCUT2D eigenvalue weighted by Crippen LogP contribution is -2.14. The molecule has 0 aromatic carbocycles. The third-order valence-corrected chi connectivity index (χ3v) is 1.89. The molecule has 68 valence electrons. The molecule has 0 radical (unpaired) electrons. The maximum Gasteiger partial charge on any atom is 0.221 e. The van der Waals surface area contributed by atoms with Crippen molar-refractivity contribution in [2.45, 2.75) is 13.3 Å². The van der Waals surface area contributed by atoms with Crippen LogP contribution in [0, 0.1) is 0 Å². The molecule has 4 nitrogen and oxygen atoms in total. The Morgan fingerprint density at radius 3 is 2.58 bits per heavy atom. The van der Waals surface area contributed by atoms with Crippen LogP contribution >= 0.6 is 15.9 Å². The van der Waals surface area contributed by atoms with Crippen molar-refractivity contribution in [1.29, 1.82) is 0 Å². The zero-order chi connectivity index (χ0) is 9.56. The highest BCUT2D eigenvalue weighted by Crippen LogP contribution is 2.07. The van der Waals surface area contributed by atoms with E-state index >= 15 is 0 Å². The molecule has 0 aliphatic rings. The molecule has 0 fully saturated rings. The number of hydrogen-bond donors (Lipinski definition) is 2. The summed E-state index contributed by atoms with van der Waals surface area (Å²) in [5, 5.41) is 0. The highest BCUT2D eigenvalue weighted by molar-refractivity contribution is 9.18. The van der Waals surface area contributed by atoms with Crippen LogP contribution in [0.5, 0.6) is 0 Å². The van der Waals surface area contributed by atoms with Crippen LogP contribution in [0.15, 0.2) is 16.8 Å². The predicted octanol–water partition coefficient (Wildman–Crippen LogP) is 0.518. The van der Waals surface area contributed by atoms with E-state index in [1.165, 1.54) is 6.20 Å². The maximum absolute atomic E-state index is 10.5. The molecule has 4 N–H and O–H groups in total. The number of aliphatic imine (C=N–C) groups is 1. The van der Waals surface area contributed by atoms with Gasteiger partial charge in [0.05, 0.1) is 6.42 Å². The molecule has 0 saturated carbocycles. The van der Waals surface area contributed by atoms with Gasteiger partial charge in [-0.1, -0.05) is 0 Å². The molecule has 0 spiro atoms. The number of nitrogens with two attached hydrogens (primary N) is 2. The Labute approximate surface area is 79.8 Å². The van der Waals surface area contributed by atoms with Gasteiger partial charge >= 0.3 is 0 Å². The Bertz CT molecular complexity index is 223. The number of carbonyl (C=O) groups excluding carboxylic acids is 1. The number of hydrogen-bond acceptors (Lipinski definition) is 3. The largest absolute Gasteiger partial charge is 0.404 e. The quantitative estimate of drug-likeness (QED) is 0.695. The van der Waals surface area contributed by atoms with Crippen molar-refractivity contribution in [3.8, 4) is 0 Å². The number of amides is 1. The van der Waals surface area contributed by atoms with Crippen LogP contribution in [0.1, 0.15) is 13.3 Å². The van der Waals surface area contributed by atoms with Crippen LogP contribution in [0.3, 0.4) is 0 Å². The Morgan fingerprint density at radius 2 is 2.25 bits per heavy atom. The van der Waals surface area contributed by atoms with Crippen molar-refractivity contribution in [3.05, 3.63) is 11.8 Å². The Kier molecular flexibility index (Phi) is 5.36. The molecule has 0 aromatic rings. The van der Waals surface area contributed by atoms with E-state index in [4.69, 9.17) is 11.5 Å². The first kappa shape index (κ1) is 11.2. The SMILES string of the molecule is CCN=C(Br)C(=CN)CC(N)=O. The number of nitrogens with zero attached hydrogens (tertiary/aromatic N) is 1. The first-order valence-electron chi connectivity index (χ1n) is 3.51. The van der Waals surface area contributed by atoms with Crippen LogP contribution in [0.4, 0.5) is 0 Å². The summed E-state index contributed by atoms with van der Waals surface area (Å²) in [6.45, 7) is 2.52. The lowest BCUT2D eigenvalue weighted by molar-refractivity contribution is -0.117. The number of rotatable bonds is 4.